The van der Waals surface area contributed by atoms with Crippen molar-refractivity contribution in [2.24, 2.45) is 0 Å². The molecule has 0 aromatic heterocycles. The van der Waals surface area contributed by atoms with Gasteiger partial charge in [0.15, 0.2) is 6.61 Å². The largest absolute Gasteiger partial charge is 0.484 e. The molecule has 0 radical (unpaired) electrons. The van der Waals surface area contributed by atoms with Crippen LogP contribution in [-0.4, -0.2) is 34.9 Å². The summed E-state index contributed by atoms with van der Waals surface area (Å²) in [5.41, 5.74) is 1.58. The number of aryl methyl sites for hydroxylation is 1. The van der Waals surface area contributed by atoms with Crippen molar-refractivity contribution >= 4 is 23.4 Å². The van der Waals surface area contributed by atoms with Crippen molar-refractivity contribution in [3.8, 4) is 5.75 Å². The second-order valence-corrected chi connectivity index (χ2v) is 8.97. The van der Waals surface area contributed by atoms with Crippen LogP contribution < -0.4 is 10.1 Å². The molecule has 1 N–H and O–H groups in total. The number of hydrogen-bond donors (Lipinski definition) is 1. The van der Waals surface area contributed by atoms with Crippen LogP contribution in [0.3, 0.4) is 0 Å². The van der Waals surface area contributed by atoms with E-state index in [9.17, 15) is 9.59 Å². The number of nitrogens with one attached hydrogen (secondary N) is 1. The van der Waals surface area contributed by atoms with Crippen molar-refractivity contribution in [1.82, 2.24) is 10.2 Å². The van der Waals surface area contributed by atoms with E-state index in [-0.39, 0.29) is 25.0 Å². The van der Waals surface area contributed by atoms with Crippen molar-refractivity contribution in [1.29, 1.82) is 0 Å². The second-order valence-electron chi connectivity index (χ2n) is 8.56. The fraction of sp³-hybridized carbons (Fsp3) is 0.440. The van der Waals surface area contributed by atoms with Crippen LogP contribution in [0.5, 0.6) is 5.75 Å². The van der Waals surface area contributed by atoms with Crippen molar-refractivity contribution in [3.05, 3.63) is 64.7 Å². The molecule has 31 heavy (non-hydrogen) atoms. The van der Waals surface area contributed by atoms with E-state index >= 15 is 0 Å². The summed E-state index contributed by atoms with van der Waals surface area (Å²) in [6, 6.07) is 14.4. The van der Waals surface area contributed by atoms with Gasteiger partial charge in [-0.25, -0.2) is 0 Å². The molecule has 0 fully saturated rings. The first kappa shape index (κ1) is 24.7. The molecule has 0 saturated heterocycles. The summed E-state index contributed by atoms with van der Waals surface area (Å²) in [6.07, 6.45) is 1.41. The van der Waals surface area contributed by atoms with E-state index in [1.165, 1.54) is 5.56 Å². The average molecular weight is 445 g/mol. The van der Waals surface area contributed by atoms with Gasteiger partial charge >= 0.3 is 0 Å². The summed E-state index contributed by atoms with van der Waals surface area (Å²) >= 11 is 6.34. The van der Waals surface area contributed by atoms with Crippen LogP contribution in [0.25, 0.3) is 0 Å². The molecule has 0 saturated carbocycles. The fourth-order valence-corrected chi connectivity index (χ4v) is 3.43. The molecule has 0 aliphatic heterocycles. The third kappa shape index (κ3) is 7.59. The summed E-state index contributed by atoms with van der Waals surface area (Å²) < 4.78 is 5.74. The highest BCUT2D eigenvalue weighted by atomic mass is 35.5. The molecule has 6 heteroatoms. The van der Waals surface area contributed by atoms with Gasteiger partial charge in [-0.2, -0.15) is 0 Å². The summed E-state index contributed by atoms with van der Waals surface area (Å²) in [4.78, 5) is 27.7. The molecule has 2 rings (SSSR count). The molecule has 2 aromatic rings. The lowest BCUT2D eigenvalue weighted by atomic mass is 10.1. The van der Waals surface area contributed by atoms with Gasteiger partial charge in [0, 0.05) is 17.1 Å². The molecule has 5 nitrogen and oxygen atoms in total. The standard InChI is InChI=1S/C25H33ClN2O3/c1-6-18-12-14-20(15-13-18)31-17-23(29)28(16-19-10-8-9-11-21(19)26)22(7-2)24(30)27-25(3,4)5/h8-15,22H,6-7,16-17H2,1-5H3,(H,27,30)/t22-/m1/s1. The Labute approximate surface area is 190 Å². The van der Waals surface area contributed by atoms with E-state index < -0.39 is 11.6 Å². The summed E-state index contributed by atoms with van der Waals surface area (Å²) in [5.74, 6) is 0.161. The third-order valence-corrected chi connectivity index (χ3v) is 5.25. The van der Waals surface area contributed by atoms with E-state index in [0.29, 0.717) is 17.2 Å². The first-order chi connectivity index (χ1) is 14.6. The number of ether oxygens (including phenoxy) is 1. The maximum atomic E-state index is 13.2. The fourth-order valence-electron chi connectivity index (χ4n) is 3.23. The van der Waals surface area contributed by atoms with Crippen molar-refractivity contribution in [2.75, 3.05) is 6.61 Å². The van der Waals surface area contributed by atoms with Crippen LogP contribution in [0.15, 0.2) is 48.5 Å². The van der Waals surface area contributed by atoms with Gasteiger partial charge in [-0.3, -0.25) is 9.59 Å². The highest BCUT2D eigenvalue weighted by molar-refractivity contribution is 6.31. The maximum Gasteiger partial charge on any atom is 0.261 e. The molecule has 0 bridgehead atoms. The number of carbonyl (C=O) groups is 2. The van der Waals surface area contributed by atoms with Crippen LogP contribution in [0.1, 0.15) is 52.2 Å². The Morgan fingerprint density at radius 1 is 1.06 bits per heavy atom. The molecule has 2 aromatic carbocycles. The van der Waals surface area contributed by atoms with Crippen LogP contribution >= 0.6 is 11.6 Å². The van der Waals surface area contributed by atoms with Gasteiger partial charge in [-0.1, -0.05) is 55.8 Å². The Morgan fingerprint density at radius 3 is 2.26 bits per heavy atom. The zero-order chi connectivity index (χ0) is 23.0. The first-order valence-corrected chi connectivity index (χ1v) is 11.1. The van der Waals surface area contributed by atoms with Crippen LogP contribution in [0, 0.1) is 0 Å². The van der Waals surface area contributed by atoms with Crippen molar-refractivity contribution < 1.29 is 14.3 Å². The van der Waals surface area contributed by atoms with Gasteiger partial charge in [0.2, 0.25) is 5.91 Å². The minimum atomic E-state index is -0.630. The Bertz CT molecular complexity index is 875. The van der Waals surface area contributed by atoms with E-state index in [1.807, 2.05) is 70.2 Å². The predicted molar refractivity (Wildman–Crippen MR) is 125 cm³/mol. The number of amides is 2. The second kappa shape index (κ2) is 11.2. The van der Waals surface area contributed by atoms with E-state index in [2.05, 4.69) is 12.2 Å². The quantitative estimate of drug-likeness (QED) is 0.591. The van der Waals surface area contributed by atoms with E-state index in [0.717, 1.165) is 12.0 Å². The lowest BCUT2D eigenvalue weighted by Crippen LogP contribution is -2.54. The molecular weight excluding hydrogens is 412 g/mol. The Kier molecular flexibility index (Phi) is 8.93. The summed E-state index contributed by atoms with van der Waals surface area (Å²) in [5, 5.41) is 3.54. The highest BCUT2D eigenvalue weighted by Crippen LogP contribution is 2.21. The monoisotopic (exact) mass is 444 g/mol. The average Bonchev–Trinajstić information content (AvgIpc) is 2.72. The minimum absolute atomic E-state index is 0.158. The van der Waals surface area contributed by atoms with Gasteiger partial charge in [0.1, 0.15) is 11.8 Å². The molecular formula is C25H33ClN2O3. The molecule has 1 atom stereocenters. The number of carbonyl (C=O) groups excluding carboxylic acids is 2. The summed E-state index contributed by atoms with van der Waals surface area (Å²) in [7, 11) is 0. The van der Waals surface area contributed by atoms with Gasteiger partial charge < -0.3 is 15.0 Å². The SMILES string of the molecule is CCc1ccc(OCC(=O)N(Cc2ccccc2Cl)[C@H](CC)C(=O)NC(C)(C)C)cc1. The van der Waals surface area contributed by atoms with Gasteiger partial charge in [-0.15, -0.1) is 0 Å². The molecule has 0 spiro atoms. The normalized spacial score (nSPS) is 12.2. The number of nitrogens with zero attached hydrogens (tertiary/aromatic N) is 1. The zero-order valence-corrected chi connectivity index (χ0v) is 19.8. The topological polar surface area (TPSA) is 58.6 Å². The van der Waals surface area contributed by atoms with Crippen molar-refractivity contribution in [3.63, 3.8) is 0 Å². The van der Waals surface area contributed by atoms with E-state index in [4.69, 9.17) is 16.3 Å². The Morgan fingerprint density at radius 2 is 1.71 bits per heavy atom. The summed E-state index contributed by atoms with van der Waals surface area (Å²) in [6.45, 7) is 9.80. The lowest BCUT2D eigenvalue weighted by Gasteiger charge is -2.33. The van der Waals surface area contributed by atoms with Crippen LogP contribution in [0.2, 0.25) is 5.02 Å². The molecule has 0 aliphatic rings. The maximum absolute atomic E-state index is 13.2. The van der Waals surface area contributed by atoms with Crippen molar-refractivity contribution in [2.45, 2.75) is 65.6 Å². The highest BCUT2D eigenvalue weighted by Gasteiger charge is 2.31. The molecule has 0 heterocycles. The number of benzene rings is 2. The number of rotatable bonds is 9. The van der Waals surface area contributed by atoms with E-state index in [1.54, 1.807) is 11.0 Å². The number of halogens is 1. The van der Waals surface area contributed by atoms with Crippen LogP contribution in [-0.2, 0) is 22.6 Å². The molecule has 168 valence electrons. The minimum Gasteiger partial charge on any atom is -0.484 e. The van der Waals surface area contributed by atoms with Gasteiger partial charge in [0.25, 0.3) is 5.91 Å². The zero-order valence-electron chi connectivity index (χ0n) is 19.1. The first-order valence-electron chi connectivity index (χ1n) is 10.7. The van der Waals surface area contributed by atoms with Gasteiger partial charge in [0.05, 0.1) is 0 Å². The van der Waals surface area contributed by atoms with Crippen LogP contribution in [0.4, 0.5) is 0 Å². The smallest absolute Gasteiger partial charge is 0.261 e. The van der Waals surface area contributed by atoms with Gasteiger partial charge in [-0.05, 0) is 62.9 Å². The Balaban J connectivity index is 2.22. The molecule has 0 unspecified atom stereocenters. The molecule has 0 aliphatic carbocycles. The Hall–Kier alpha value is -2.53. The number of hydrogen-bond acceptors (Lipinski definition) is 3. The third-order valence-electron chi connectivity index (χ3n) is 4.88. The predicted octanol–water partition coefficient (Wildman–Crippen LogP) is 5.00. The molecule has 2 amide bonds. The lowest BCUT2D eigenvalue weighted by molar-refractivity contribution is -0.143.